The molecule has 0 aliphatic heterocycles. The Bertz CT molecular complexity index is 556. The van der Waals surface area contributed by atoms with Gasteiger partial charge in [-0.15, -0.1) is 10.2 Å². The minimum Gasteiger partial charge on any atom is -0.478 e. The number of pyridine rings is 1. The molecule has 18 heavy (non-hydrogen) atoms. The van der Waals surface area contributed by atoms with Crippen LogP contribution in [0.4, 0.5) is 0 Å². The summed E-state index contributed by atoms with van der Waals surface area (Å²) in [5, 5.41) is 17.2. The summed E-state index contributed by atoms with van der Waals surface area (Å²) in [5.41, 5.74) is 0.215. The molecule has 0 saturated heterocycles. The maximum absolute atomic E-state index is 10.8. The summed E-state index contributed by atoms with van der Waals surface area (Å²) in [5.74, 6) is 0.617. The van der Waals surface area contributed by atoms with E-state index in [1.54, 1.807) is 0 Å². The van der Waals surface area contributed by atoms with Gasteiger partial charge >= 0.3 is 5.97 Å². The molecule has 0 amide bonds. The number of thioether (sulfide) groups is 1. The van der Waals surface area contributed by atoms with Crippen LogP contribution in [0.1, 0.15) is 29.1 Å². The van der Waals surface area contributed by atoms with Crippen LogP contribution in [0.25, 0.3) is 0 Å². The van der Waals surface area contributed by atoms with Gasteiger partial charge in [-0.25, -0.2) is 9.78 Å². The molecule has 0 spiro atoms. The number of carboxylic acids is 1. The minimum atomic E-state index is -0.967. The molecule has 0 fully saturated rings. The van der Waals surface area contributed by atoms with Gasteiger partial charge < -0.3 is 9.52 Å². The fourth-order valence-corrected chi connectivity index (χ4v) is 1.98. The van der Waals surface area contributed by atoms with Gasteiger partial charge in [-0.1, -0.05) is 18.7 Å². The summed E-state index contributed by atoms with van der Waals surface area (Å²) in [6.07, 6.45) is 2.17. The van der Waals surface area contributed by atoms with E-state index in [4.69, 9.17) is 9.52 Å². The Balaban J connectivity index is 2.01. The lowest BCUT2D eigenvalue weighted by Crippen LogP contribution is -1.96. The first kappa shape index (κ1) is 12.6. The average Bonchev–Trinajstić information content (AvgIpc) is 2.84. The second kappa shape index (κ2) is 5.63. The van der Waals surface area contributed by atoms with Crippen molar-refractivity contribution in [1.29, 1.82) is 0 Å². The Labute approximate surface area is 107 Å². The van der Waals surface area contributed by atoms with E-state index in [-0.39, 0.29) is 5.56 Å². The molecule has 2 aromatic rings. The number of rotatable bonds is 5. The number of aromatic carboxylic acids is 1. The molecule has 2 aromatic heterocycles. The normalized spacial score (nSPS) is 10.5. The van der Waals surface area contributed by atoms with E-state index >= 15 is 0 Å². The minimum absolute atomic E-state index is 0.215. The van der Waals surface area contributed by atoms with Crippen LogP contribution in [0, 0.1) is 0 Å². The molecule has 0 radical (unpaired) electrons. The highest BCUT2D eigenvalue weighted by atomic mass is 32.2. The highest BCUT2D eigenvalue weighted by molar-refractivity contribution is 7.98. The first-order valence-corrected chi connectivity index (χ1v) is 6.31. The van der Waals surface area contributed by atoms with Crippen molar-refractivity contribution in [2.75, 3.05) is 0 Å². The van der Waals surface area contributed by atoms with Crippen LogP contribution in [0.2, 0.25) is 0 Å². The average molecular weight is 265 g/mol. The Morgan fingerprint density at radius 3 is 2.89 bits per heavy atom. The molecule has 6 nitrogen and oxygen atoms in total. The molecule has 0 aromatic carbocycles. The Hall–Kier alpha value is -1.89. The van der Waals surface area contributed by atoms with Gasteiger partial charge in [0.2, 0.25) is 11.8 Å². The number of nitrogens with zero attached hydrogens (tertiary/aromatic N) is 3. The SMILES string of the molecule is CCc1nnc(CSc2cc(C(=O)O)ccn2)o1. The molecule has 94 valence electrons. The molecule has 0 bridgehead atoms. The summed E-state index contributed by atoms with van der Waals surface area (Å²) in [6, 6.07) is 2.97. The summed E-state index contributed by atoms with van der Waals surface area (Å²) in [4.78, 5) is 14.9. The molecule has 0 aliphatic carbocycles. The van der Waals surface area contributed by atoms with E-state index in [0.29, 0.717) is 29.0 Å². The van der Waals surface area contributed by atoms with Crippen molar-refractivity contribution in [2.24, 2.45) is 0 Å². The fraction of sp³-hybridized carbons (Fsp3) is 0.273. The summed E-state index contributed by atoms with van der Waals surface area (Å²) >= 11 is 1.36. The topological polar surface area (TPSA) is 89.1 Å². The molecule has 0 unspecified atom stereocenters. The van der Waals surface area contributed by atoms with Gasteiger partial charge in [0.15, 0.2) is 0 Å². The van der Waals surface area contributed by atoms with E-state index in [0.717, 1.165) is 0 Å². The molecule has 2 rings (SSSR count). The largest absolute Gasteiger partial charge is 0.478 e. The molecular weight excluding hydrogens is 254 g/mol. The monoisotopic (exact) mass is 265 g/mol. The number of carbonyl (C=O) groups is 1. The van der Waals surface area contributed by atoms with Gasteiger partial charge in [-0.05, 0) is 12.1 Å². The third kappa shape index (κ3) is 3.07. The van der Waals surface area contributed by atoms with Gasteiger partial charge in [0, 0.05) is 12.6 Å². The van der Waals surface area contributed by atoms with Gasteiger partial charge in [0.25, 0.3) is 0 Å². The van der Waals surface area contributed by atoms with E-state index < -0.39 is 5.97 Å². The Morgan fingerprint density at radius 2 is 2.22 bits per heavy atom. The highest BCUT2D eigenvalue weighted by Crippen LogP contribution is 2.20. The lowest BCUT2D eigenvalue weighted by Gasteiger charge is -1.99. The zero-order valence-corrected chi connectivity index (χ0v) is 10.5. The van der Waals surface area contributed by atoms with Crippen molar-refractivity contribution in [2.45, 2.75) is 24.1 Å². The standard InChI is InChI=1S/C11H11N3O3S/c1-2-8-13-14-9(17-8)6-18-10-5-7(11(15)16)3-4-12-10/h3-5H,2,6H2,1H3,(H,15,16). The van der Waals surface area contributed by atoms with Crippen molar-refractivity contribution in [3.8, 4) is 0 Å². The molecule has 0 aliphatic rings. The van der Waals surface area contributed by atoms with E-state index in [1.807, 2.05) is 6.92 Å². The third-order valence-electron chi connectivity index (χ3n) is 2.14. The number of hydrogen-bond donors (Lipinski definition) is 1. The van der Waals surface area contributed by atoms with Crippen molar-refractivity contribution < 1.29 is 14.3 Å². The molecule has 0 saturated carbocycles. The second-order valence-electron chi connectivity index (χ2n) is 3.42. The first-order valence-electron chi connectivity index (χ1n) is 5.32. The van der Waals surface area contributed by atoms with E-state index in [1.165, 1.54) is 30.1 Å². The van der Waals surface area contributed by atoms with Crippen LogP contribution in [0.3, 0.4) is 0 Å². The second-order valence-corrected chi connectivity index (χ2v) is 4.42. The van der Waals surface area contributed by atoms with Crippen molar-refractivity contribution >= 4 is 17.7 Å². The van der Waals surface area contributed by atoms with Gasteiger partial charge in [-0.3, -0.25) is 0 Å². The first-order chi connectivity index (χ1) is 8.69. The number of aryl methyl sites for hydroxylation is 1. The van der Waals surface area contributed by atoms with Crippen LogP contribution < -0.4 is 0 Å². The van der Waals surface area contributed by atoms with Crippen LogP contribution >= 0.6 is 11.8 Å². The summed E-state index contributed by atoms with van der Waals surface area (Å²) in [7, 11) is 0. The van der Waals surface area contributed by atoms with Crippen LogP contribution in [0.5, 0.6) is 0 Å². The zero-order chi connectivity index (χ0) is 13.0. The molecule has 7 heteroatoms. The highest BCUT2D eigenvalue weighted by Gasteiger charge is 2.08. The van der Waals surface area contributed by atoms with Crippen molar-refractivity contribution in [3.05, 3.63) is 35.7 Å². The maximum Gasteiger partial charge on any atom is 0.335 e. The van der Waals surface area contributed by atoms with E-state index in [2.05, 4.69) is 15.2 Å². The number of aromatic nitrogens is 3. The van der Waals surface area contributed by atoms with Gasteiger partial charge in [0.1, 0.15) is 0 Å². The van der Waals surface area contributed by atoms with Gasteiger partial charge in [0.05, 0.1) is 16.3 Å². The van der Waals surface area contributed by atoms with Crippen LogP contribution in [0.15, 0.2) is 27.8 Å². The summed E-state index contributed by atoms with van der Waals surface area (Å²) < 4.78 is 5.35. The quantitative estimate of drug-likeness (QED) is 0.827. The van der Waals surface area contributed by atoms with Crippen molar-refractivity contribution in [3.63, 3.8) is 0 Å². The lowest BCUT2D eigenvalue weighted by atomic mass is 10.3. The number of hydrogen-bond acceptors (Lipinski definition) is 6. The van der Waals surface area contributed by atoms with Crippen LogP contribution in [-0.2, 0) is 12.2 Å². The maximum atomic E-state index is 10.8. The van der Waals surface area contributed by atoms with E-state index in [9.17, 15) is 4.79 Å². The number of carboxylic acid groups (broad SMARTS) is 1. The molecular formula is C11H11N3O3S. The predicted molar refractivity (Wildman–Crippen MR) is 64.4 cm³/mol. The Morgan fingerprint density at radius 1 is 1.44 bits per heavy atom. The molecule has 2 heterocycles. The smallest absolute Gasteiger partial charge is 0.335 e. The third-order valence-corrected chi connectivity index (χ3v) is 3.05. The predicted octanol–water partition coefficient (Wildman–Crippen LogP) is 2.02. The summed E-state index contributed by atoms with van der Waals surface area (Å²) in [6.45, 7) is 1.93. The van der Waals surface area contributed by atoms with Gasteiger partial charge in [-0.2, -0.15) is 0 Å². The molecule has 0 atom stereocenters. The van der Waals surface area contributed by atoms with Crippen molar-refractivity contribution in [1.82, 2.24) is 15.2 Å². The zero-order valence-electron chi connectivity index (χ0n) is 9.66. The molecule has 1 N–H and O–H groups in total. The van der Waals surface area contributed by atoms with Crippen LogP contribution in [-0.4, -0.2) is 26.3 Å². The fourth-order valence-electron chi connectivity index (χ4n) is 1.25. The lowest BCUT2D eigenvalue weighted by molar-refractivity contribution is 0.0696. The Kier molecular flexibility index (Phi) is 3.93.